The molecule has 0 atom stereocenters. The first-order chi connectivity index (χ1) is 5.20. The van der Waals surface area contributed by atoms with Crippen molar-refractivity contribution in [1.29, 1.82) is 0 Å². The van der Waals surface area contributed by atoms with E-state index in [0.717, 1.165) is 5.57 Å². The first kappa shape index (κ1) is 10.6. The zero-order valence-electron chi connectivity index (χ0n) is 6.77. The summed E-state index contributed by atoms with van der Waals surface area (Å²) in [5, 5.41) is 0.712. The van der Waals surface area contributed by atoms with Crippen molar-refractivity contribution in [3.63, 3.8) is 0 Å². The normalized spacial score (nSPS) is 14.5. The summed E-state index contributed by atoms with van der Waals surface area (Å²) in [4.78, 5) is 0. The van der Waals surface area contributed by atoms with Crippen LogP contribution < -0.4 is 0 Å². The van der Waals surface area contributed by atoms with Crippen LogP contribution in [-0.2, 0) is 0 Å². The second-order valence-corrected chi connectivity index (χ2v) is 2.76. The minimum Gasteiger partial charge on any atom is -0.207 e. The topological polar surface area (TPSA) is 0 Å². The highest BCUT2D eigenvalue weighted by Crippen LogP contribution is 2.05. The Hall–Kier alpha value is -0.370. The molecule has 11 heavy (non-hydrogen) atoms. The van der Waals surface area contributed by atoms with Gasteiger partial charge in [-0.15, -0.1) is 0 Å². The van der Waals surface area contributed by atoms with Crippen molar-refractivity contribution in [2.45, 2.75) is 13.8 Å². The van der Waals surface area contributed by atoms with E-state index < -0.39 is 0 Å². The van der Waals surface area contributed by atoms with Crippen LogP contribution in [-0.4, -0.2) is 5.33 Å². The van der Waals surface area contributed by atoms with Crippen LogP contribution in [0.15, 0.2) is 35.7 Å². The maximum absolute atomic E-state index is 12.7. The van der Waals surface area contributed by atoms with Crippen LogP contribution in [0.4, 0.5) is 4.39 Å². The fourth-order valence-electron chi connectivity index (χ4n) is 0.510. The molecule has 0 heterocycles. The average molecular weight is 219 g/mol. The Labute approximate surface area is 75.6 Å². The van der Waals surface area contributed by atoms with E-state index in [9.17, 15) is 4.39 Å². The molecule has 0 aromatic heterocycles. The SMILES string of the molecule is CC=C/C=C(F)\C=C(/C)CBr. The fourth-order valence-corrected chi connectivity index (χ4v) is 0.672. The Balaban J connectivity index is 4.14. The summed E-state index contributed by atoms with van der Waals surface area (Å²) in [5.41, 5.74) is 0.975. The molecule has 62 valence electrons. The van der Waals surface area contributed by atoms with Crippen LogP contribution >= 0.6 is 15.9 Å². The third-order valence-electron chi connectivity index (χ3n) is 1.04. The minimum atomic E-state index is -0.208. The molecule has 0 aromatic rings. The van der Waals surface area contributed by atoms with E-state index >= 15 is 0 Å². The standard InChI is InChI=1S/C9H12BrF/c1-3-4-5-9(11)6-8(2)7-10/h3-6H,7H2,1-2H3/b4-3?,8-6+,9-5+. The highest BCUT2D eigenvalue weighted by Gasteiger charge is 1.88. The van der Waals surface area contributed by atoms with Gasteiger partial charge < -0.3 is 0 Å². The van der Waals surface area contributed by atoms with E-state index in [2.05, 4.69) is 15.9 Å². The molecule has 0 saturated carbocycles. The van der Waals surface area contributed by atoms with Gasteiger partial charge in [-0.2, -0.15) is 0 Å². The lowest BCUT2D eigenvalue weighted by Gasteiger charge is -1.90. The molecule has 0 fully saturated rings. The van der Waals surface area contributed by atoms with Gasteiger partial charge in [0.25, 0.3) is 0 Å². The number of hydrogen-bond acceptors (Lipinski definition) is 0. The lowest BCUT2D eigenvalue weighted by molar-refractivity contribution is 0.665. The number of alkyl halides is 1. The van der Waals surface area contributed by atoms with Crippen molar-refractivity contribution in [1.82, 2.24) is 0 Å². The molecule has 0 unspecified atom stereocenters. The molecule has 0 saturated heterocycles. The molecule has 0 spiro atoms. The molecular weight excluding hydrogens is 207 g/mol. The Kier molecular flexibility index (Phi) is 6.13. The first-order valence-corrected chi connectivity index (χ1v) is 4.54. The Morgan fingerprint density at radius 1 is 1.55 bits per heavy atom. The predicted octanol–water partition coefficient (Wildman–Crippen LogP) is 3.76. The molecule has 0 nitrogen and oxygen atoms in total. The second kappa shape index (κ2) is 6.35. The van der Waals surface area contributed by atoms with Gasteiger partial charge in [-0.1, -0.05) is 33.7 Å². The quantitative estimate of drug-likeness (QED) is 0.500. The highest BCUT2D eigenvalue weighted by atomic mass is 79.9. The van der Waals surface area contributed by atoms with Crippen molar-refractivity contribution >= 4 is 15.9 Å². The van der Waals surface area contributed by atoms with Crippen LogP contribution in [0.3, 0.4) is 0 Å². The first-order valence-electron chi connectivity index (χ1n) is 3.42. The van der Waals surface area contributed by atoms with E-state index in [4.69, 9.17) is 0 Å². The van der Waals surface area contributed by atoms with Gasteiger partial charge in [0.2, 0.25) is 0 Å². The van der Waals surface area contributed by atoms with Crippen molar-refractivity contribution in [3.05, 3.63) is 35.7 Å². The maximum atomic E-state index is 12.7. The lowest BCUT2D eigenvalue weighted by Crippen LogP contribution is -1.75. The zero-order chi connectivity index (χ0) is 8.69. The fraction of sp³-hybridized carbons (Fsp3) is 0.333. The molecular formula is C9H12BrF. The van der Waals surface area contributed by atoms with Gasteiger partial charge in [0.15, 0.2) is 0 Å². The van der Waals surface area contributed by atoms with Gasteiger partial charge in [0, 0.05) is 5.33 Å². The minimum absolute atomic E-state index is 0.208. The molecule has 0 aliphatic heterocycles. The molecule has 0 bridgehead atoms. The predicted molar refractivity (Wildman–Crippen MR) is 51.6 cm³/mol. The summed E-state index contributed by atoms with van der Waals surface area (Å²) in [7, 11) is 0. The third-order valence-corrected chi connectivity index (χ3v) is 1.93. The van der Waals surface area contributed by atoms with E-state index in [0.29, 0.717) is 5.33 Å². The molecule has 0 aromatic carbocycles. The molecule has 2 heteroatoms. The number of hydrogen-bond donors (Lipinski definition) is 0. The van der Waals surface area contributed by atoms with Gasteiger partial charge in [0.05, 0.1) is 0 Å². The molecule has 0 radical (unpaired) electrons. The summed E-state index contributed by atoms with van der Waals surface area (Å²) < 4.78 is 12.7. The van der Waals surface area contributed by atoms with Crippen molar-refractivity contribution in [2.75, 3.05) is 5.33 Å². The smallest absolute Gasteiger partial charge is 0.123 e. The van der Waals surface area contributed by atoms with Crippen molar-refractivity contribution in [3.8, 4) is 0 Å². The van der Waals surface area contributed by atoms with Crippen LogP contribution in [0.25, 0.3) is 0 Å². The van der Waals surface area contributed by atoms with Gasteiger partial charge >= 0.3 is 0 Å². The summed E-state index contributed by atoms with van der Waals surface area (Å²) in [6, 6.07) is 0. The van der Waals surface area contributed by atoms with E-state index in [1.807, 2.05) is 13.8 Å². The number of rotatable bonds is 3. The average Bonchev–Trinajstić information content (AvgIpc) is 2.00. The van der Waals surface area contributed by atoms with E-state index in [1.54, 1.807) is 12.2 Å². The second-order valence-electron chi connectivity index (χ2n) is 2.20. The Morgan fingerprint density at radius 3 is 2.64 bits per heavy atom. The van der Waals surface area contributed by atoms with E-state index in [-0.39, 0.29) is 5.83 Å². The summed E-state index contributed by atoms with van der Waals surface area (Å²) in [6.07, 6.45) is 6.41. The monoisotopic (exact) mass is 218 g/mol. The van der Waals surface area contributed by atoms with Crippen LogP contribution in [0.2, 0.25) is 0 Å². The van der Waals surface area contributed by atoms with Gasteiger partial charge in [-0.05, 0) is 26.0 Å². The number of allylic oxidation sites excluding steroid dienone is 6. The Bertz CT molecular complexity index is 190. The molecule has 0 aliphatic rings. The molecule has 0 N–H and O–H groups in total. The van der Waals surface area contributed by atoms with Crippen LogP contribution in [0.1, 0.15) is 13.8 Å². The summed E-state index contributed by atoms with van der Waals surface area (Å²) in [5.74, 6) is -0.208. The Morgan fingerprint density at radius 2 is 2.18 bits per heavy atom. The summed E-state index contributed by atoms with van der Waals surface area (Å²) in [6.45, 7) is 3.72. The van der Waals surface area contributed by atoms with Gasteiger partial charge in [-0.3, -0.25) is 0 Å². The third kappa shape index (κ3) is 6.05. The molecule has 0 rings (SSSR count). The highest BCUT2D eigenvalue weighted by molar-refractivity contribution is 9.09. The number of halogens is 2. The van der Waals surface area contributed by atoms with Crippen molar-refractivity contribution in [2.24, 2.45) is 0 Å². The molecule has 0 aliphatic carbocycles. The maximum Gasteiger partial charge on any atom is 0.123 e. The summed E-state index contributed by atoms with van der Waals surface area (Å²) >= 11 is 3.23. The largest absolute Gasteiger partial charge is 0.207 e. The van der Waals surface area contributed by atoms with Gasteiger partial charge in [0.1, 0.15) is 5.83 Å². The zero-order valence-corrected chi connectivity index (χ0v) is 8.36. The lowest BCUT2D eigenvalue weighted by atomic mass is 10.3. The van der Waals surface area contributed by atoms with Crippen LogP contribution in [0.5, 0.6) is 0 Å². The van der Waals surface area contributed by atoms with E-state index in [1.165, 1.54) is 12.2 Å². The van der Waals surface area contributed by atoms with Crippen LogP contribution in [0, 0.1) is 0 Å². The van der Waals surface area contributed by atoms with Gasteiger partial charge in [-0.25, -0.2) is 4.39 Å². The van der Waals surface area contributed by atoms with Crippen molar-refractivity contribution < 1.29 is 4.39 Å². The molecule has 0 amide bonds.